The molecule has 0 bridgehead atoms. The molecule has 24 heavy (non-hydrogen) atoms. The number of fused-ring (bicyclic) bond motifs is 1. The number of nitrogens with one attached hydrogen (secondary N) is 1. The highest BCUT2D eigenvalue weighted by Crippen LogP contribution is 2.34. The third-order valence-electron chi connectivity index (χ3n) is 4.24. The van der Waals surface area contributed by atoms with Crippen LogP contribution in [-0.4, -0.2) is 30.7 Å². The van der Waals surface area contributed by atoms with Crippen molar-refractivity contribution in [3.63, 3.8) is 0 Å². The fourth-order valence-electron chi connectivity index (χ4n) is 3.07. The quantitative estimate of drug-likeness (QED) is 0.759. The van der Waals surface area contributed by atoms with Crippen LogP contribution in [0.1, 0.15) is 6.92 Å². The monoisotopic (exact) mass is 345 g/mol. The predicted molar refractivity (Wildman–Crippen MR) is 94.1 cm³/mol. The Morgan fingerprint density at radius 1 is 1.29 bits per heavy atom. The highest BCUT2D eigenvalue weighted by Gasteiger charge is 2.22. The minimum Gasteiger partial charge on any atom is -0.423 e. The SMILES string of the molecule is CC1CN(c2nc3cc(Cl)cc(-c4ccc(F)cc4)c3o2)CCN1. The van der Waals surface area contributed by atoms with Crippen LogP contribution in [0.5, 0.6) is 0 Å². The molecule has 1 fully saturated rings. The van der Waals surface area contributed by atoms with E-state index in [1.54, 1.807) is 18.2 Å². The maximum absolute atomic E-state index is 13.2. The number of benzene rings is 2. The third kappa shape index (κ3) is 2.85. The molecule has 0 radical (unpaired) electrons. The van der Waals surface area contributed by atoms with Crippen LogP contribution in [0.2, 0.25) is 5.02 Å². The molecule has 1 aromatic heterocycles. The van der Waals surface area contributed by atoms with Gasteiger partial charge in [0.05, 0.1) is 0 Å². The van der Waals surface area contributed by atoms with Crippen LogP contribution >= 0.6 is 11.6 Å². The first kappa shape index (κ1) is 15.4. The summed E-state index contributed by atoms with van der Waals surface area (Å²) in [6.07, 6.45) is 0. The minimum absolute atomic E-state index is 0.273. The molecule has 0 saturated carbocycles. The molecule has 4 nitrogen and oxygen atoms in total. The number of nitrogens with zero attached hydrogens (tertiary/aromatic N) is 2. The van der Waals surface area contributed by atoms with Crippen molar-refractivity contribution in [2.24, 2.45) is 0 Å². The predicted octanol–water partition coefficient (Wildman–Crippen LogP) is 4.09. The summed E-state index contributed by atoms with van der Waals surface area (Å²) in [7, 11) is 0. The molecule has 124 valence electrons. The second-order valence-electron chi connectivity index (χ2n) is 6.11. The zero-order chi connectivity index (χ0) is 16.7. The van der Waals surface area contributed by atoms with Crippen LogP contribution < -0.4 is 10.2 Å². The van der Waals surface area contributed by atoms with Crippen LogP contribution in [0.4, 0.5) is 10.4 Å². The van der Waals surface area contributed by atoms with E-state index < -0.39 is 0 Å². The van der Waals surface area contributed by atoms with Gasteiger partial charge in [-0.3, -0.25) is 0 Å². The number of aromatic nitrogens is 1. The minimum atomic E-state index is -0.273. The van der Waals surface area contributed by atoms with Crippen molar-refractivity contribution in [3.05, 3.63) is 47.2 Å². The fraction of sp³-hybridized carbons (Fsp3) is 0.278. The smallest absolute Gasteiger partial charge is 0.298 e. The maximum atomic E-state index is 13.2. The molecule has 1 aliphatic rings. The van der Waals surface area contributed by atoms with Gasteiger partial charge in [0.1, 0.15) is 11.3 Å². The lowest BCUT2D eigenvalue weighted by Gasteiger charge is -2.30. The molecule has 3 aromatic rings. The van der Waals surface area contributed by atoms with Crippen LogP contribution in [0, 0.1) is 5.82 Å². The molecule has 0 amide bonds. The van der Waals surface area contributed by atoms with Crippen molar-refractivity contribution in [2.45, 2.75) is 13.0 Å². The number of anilines is 1. The maximum Gasteiger partial charge on any atom is 0.298 e. The first-order valence-corrected chi connectivity index (χ1v) is 8.32. The molecule has 1 atom stereocenters. The summed E-state index contributed by atoms with van der Waals surface area (Å²) in [5.41, 5.74) is 3.05. The number of rotatable bonds is 2. The van der Waals surface area contributed by atoms with Crippen molar-refractivity contribution in [3.8, 4) is 11.1 Å². The average molecular weight is 346 g/mol. The van der Waals surface area contributed by atoms with Crippen molar-refractivity contribution >= 4 is 28.7 Å². The number of halogens is 2. The number of hydrogen-bond acceptors (Lipinski definition) is 4. The molecule has 6 heteroatoms. The van der Waals surface area contributed by atoms with Gasteiger partial charge in [-0.1, -0.05) is 23.7 Å². The van der Waals surface area contributed by atoms with E-state index in [1.807, 2.05) is 6.07 Å². The molecule has 2 heterocycles. The summed E-state index contributed by atoms with van der Waals surface area (Å²) >= 11 is 6.24. The van der Waals surface area contributed by atoms with Crippen molar-refractivity contribution in [1.82, 2.24) is 10.3 Å². The van der Waals surface area contributed by atoms with Crippen molar-refractivity contribution in [1.29, 1.82) is 0 Å². The lowest BCUT2D eigenvalue weighted by Crippen LogP contribution is -2.49. The van der Waals surface area contributed by atoms with Crippen LogP contribution in [0.15, 0.2) is 40.8 Å². The lowest BCUT2D eigenvalue weighted by atomic mass is 10.0. The molecule has 0 spiro atoms. The van der Waals surface area contributed by atoms with Gasteiger partial charge >= 0.3 is 0 Å². The van der Waals surface area contributed by atoms with Gasteiger partial charge in [0, 0.05) is 36.3 Å². The molecular weight excluding hydrogens is 329 g/mol. The first-order chi connectivity index (χ1) is 11.6. The zero-order valence-electron chi connectivity index (χ0n) is 13.2. The average Bonchev–Trinajstić information content (AvgIpc) is 2.99. The first-order valence-electron chi connectivity index (χ1n) is 7.94. The summed E-state index contributed by atoms with van der Waals surface area (Å²) in [5.74, 6) is -0.273. The Morgan fingerprint density at radius 2 is 2.08 bits per heavy atom. The number of piperazine rings is 1. The Bertz CT molecular complexity index is 878. The van der Waals surface area contributed by atoms with Gasteiger partial charge in [0.15, 0.2) is 5.58 Å². The Hall–Kier alpha value is -2.11. The summed E-state index contributed by atoms with van der Waals surface area (Å²) < 4.78 is 19.3. The Balaban J connectivity index is 1.81. The van der Waals surface area contributed by atoms with Gasteiger partial charge in [-0.15, -0.1) is 0 Å². The van der Waals surface area contributed by atoms with Gasteiger partial charge in [0.2, 0.25) is 0 Å². The second kappa shape index (κ2) is 6.07. The van der Waals surface area contributed by atoms with Crippen LogP contribution in [0.3, 0.4) is 0 Å². The highest BCUT2D eigenvalue weighted by molar-refractivity contribution is 6.31. The zero-order valence-corrected chi connectivity index (χ0v) is 14.0. The van der Waals surface area contributed by atoms with Crippen molar-refractivity contribution < 1.29 is 8.81 Å². The summed E-state index contributed by atoms with van der Waals surface area (Å²) in [4.78, 5) is 6.74. The fourth-order valence-corrected chi connectivity index (χ4v) is 3.28. The summed E-state index contributed by atoms with van der Waals surface area (Å²) in [6.45, 7) is 4.71. The molecule has 1 saturated heterocycles. The molecule has 1 aliphatic heterocycles. The van der Waals surface area contributed by atoms with Crippen molar-refractivity contribution in [2.75, 3.05) is 24.5 Å². The third-order valence-corrected chi connectivity index (χ3v) is 4.46. The molecule has 2 aromatic carbocycles. The number of hydrogen-bond donors (Lipinski definition) is 1. The second-order valence-corrected chi connectivity index (χ2v) is 6.54. The standard InChI is InChI=1S/C18H17ClFN3O/c1-11-10-23(7-6-21-11)18-22-16-9-13(19)8-15(17(16)24-18)12-2-4-14(20)5-3-12/h2-5,8-9,11,21H,6-7,10H2,1H3. The van der Waals surface area contributed by atoms with E-state index in [0.717, 1.165) is 30.8 Å². The van der Waals surface area contributed by atoms with Gasteiger partial charge in [-0.2, -0.15) is 4.98 Å². The Morgan fingerprint density at radius 3 is 2.83 bits per heavy atom. The molecule has 1 N–H and O–H groups in total. The molecular formula is C18H17ClFN3O. The lowest BCUT2D eigenvalue weighted by molar-refractivity contribution is 0.453. The highest BCUT2D eigenvalue weighted by atomic mass is 35.5. The Kier molecular flexibility index (Phi) is 3.90. The topological polar surface area (TPSA) is 41.3 Å². The summed E-state index contributed by atoms with van der Waals surface area (Å²) in [5, 5.41) is 3.98. The van der Waals surface area contributed by atoms with Gasteiger partial charge in [-0.25, -0.2) is 4.39 Å². The van der Waals surface area contributed by atoms with E-state index in [9.17, 15) is 4.39 Å². The Labute approximate surface area is 144 Å². The van der Waals surface area contributed by atoms with E-state index in [4.69, 9.17) is 16.0 Å². The largest absolute Gasteiger partial charge is 0.423 e. The van der Waals surface area contributed by atoms with Gasteiger partial charge in [0.25, 0.3) is 6.01 Å². The van der Waals surface area contributed by atoms with E-state index in [2.05, 4.69) is 22.1 Å². The normalized spacial score (nSPS) is 18.3. The van der Waals surface area contributed by atoms with E-state index >= 15 is 0 Å². The van der Waals surface area contributed by atoms with Crippen LogP contribution in [-0.2, 0) is 0 Å². The summed E-state index contributed by atoms with van der Waals surface area (Å²) in [6, 6.07) is 10.9. The van der Waals surface area contributed by atoms with Crippen LogP contribution in [0.25, 0.3) is 22.2 Å². The molecule has 0 aliphatic carbocycles. The van der Waals surface area contributed by atoms with E-state index in [-0.39, 0.29) is 5.82 Å². The van der Waals surface area contributed by atoms with E-state index in [0.29, 0.717) is 28.2 Å². The van der Waals surface area contributed by atoms with Gasteiger partial charge in [-0.05, 0) is 36.8 Å². The molecule has 1 unspecified atom stereocenters. The number of oxazole rings is 1. The van der Waals surface area contributed by atoms with Gasteiger partial charge < -0.3 is 14.6 Å². The molecule has 4 rings (SSSR count). The van der Waals surface area contributed by atoms with E-state index in [1.165, 1.54) is 12.1 Å².